The molecular weight excluding hydrogens is 741 g/mol. The molecule has 4 heterocycles. The highest BCUT2D eigenvalue weighted by Crippen LogP contribution is 2.46. The van der Waals surface area contributed by atoms with Crippen LogP contribution >= 0.6 is 0 Å². The molecule has 302 valence electrons. The van der Waals surface area contributed by atoms with Crippen molar-refractivity contribution >= 4 is 33.8 Å². The third-order valence-electron chi connectivity index (χ3n) is 11.7. The van der Waals surface area contributed by atoms with Crippen LogP contribution in [-0.4, -0.2) is 90.1 Å². The number of aryl methyl sites for hydroxylation is 2. The normalized spacial score (nSPS) is 27.8. The fraction of sp³-hybridized carbons (Fsp3) is 0.575. The van der Waals surface area contributed by atoms with Crippen LogP contribution in [0.5, 0.6) is 0 Å². The lowest BCUT2D eigenvalue weighted by molar-refractivity contribution is -0.141. The summed E-state index contributed by atoms with van der Waals surface area (Å²) in [6.07, 6.45) is 10.7. The van der Waals surface area contributed by atoms with Gasteiger partial charge in [0, 0.05) is 25.4 Å². The second-order valence-corrected chi connectivity index (χ2v) is 17.4. The maximum atomic E-state index is 14.6. The Kier molecular flexibility index (Phi) is 11.5. The van der Waals surface area contributed by atoms with E-state index in [-0.39, 0.29) is 47.7 Å². The molecule has 56 heavy (non-hydrogen) atoms. The minimum Gasteiger partial charge on any atom is -0.476 e. The zero-order valence-electron chi connectivity index (χ0n) is 32.1. The van der Waals surface area contributed by atoms with Gasteiger partial charge in [-0.3, -0.25) is 14.4 Å². The van der Waals surface area contributed by atoms with Crippen LogP contribution in [0.4, 0.5) is 4.79 Å². The fourth-order valence-corrected chi connectivity index (χ4v) is 9.96. The second kappa shape index (κ2) is 16.3. The van der Waals surface area contributed by atoms with Crippen LogP contribution in [0.3, 0.4) is 0 Å². The van der Waals surface area contributed by atoms with E-state index >= 15 is 0 Å². The number of benzene rings is 1. The van der Waals surface area contributed by atoms with Crippen LogP contribution < -0.4 is 15.4 Å². The van der Waals surface area contributed by atoms with Gasteiger partial charge in [-0.25, -0.2) is 17.9 Å². The van der Waals surface area contributed by atoms with E-state index in [1.807, 2.05) is 36.4 Å². The summed E-state index contributed by atoms with van der Waals surface area (Å²) in [5, 5.41) is 9.79. The average molecular weight is 793 g/mol. The fourth-order valence-electron chi connectivity index (χ4n) is 8.59. The maximum absolute atomic E-state index is 14.6. The Balaban J connectivity index is 1.14. The molecule has 3 aliphatic heterocycles. The molecule has 0 bridgehead atoms. The molecule has 2 aliphatic carbocycles. The molecule has 2 aromatic rings. The molecule has 1 aromatic heterocycles. The van der Waals surface area contributed by atoms with E-state index in [9.17, 15) is 27.6 Å². The number of ether oxygens (including phenoxy) is 2. The molecule has 4 amide bonds. The van der Waals surface area contributed by atoms with Gasteiger partial charge in [-0.05, 0) is 89.3 Å². The van der Waals surface area contributed by atoms with E-state index in [0.29, 0.717) is 44.7 Å². The Bertz CT molecular complexity index is 1970. The number of hydrogen-bond acceptors (Lipinski definition) is 11. The lowest BCUT2D eigenvalue weighted by atomic mass is 10.0. The van der Waals surface area contributed by atoms with Crippen molar-refractivity contribution in [3.63, 3.8) is 0 Å². The Morgan fingerprint density at radius 3 is 2.52 bits per heavy atom. The van der Waals surface area contributed by atoms with E-state index in [2.05, 4.69) is 27.1 Å². The van der Waals surface area contributed by atoms with E-state index in [4.69, 9.17) is 14.0 Å². The highest BCUT2D eigenvalue weighted by molar-refractivity contribution is 7.90. The molecule has 16 heteroatoms. The summed E-state index contributed by atoms with van der Waals surface area (Å²) in [5.41, 5.74) is 0.693. The Hall–Kier alpha value is -4.86. The van der Waals surface area contributed by atoms with Crippen molar-refractivity contribution in [3.05, 3.63) is 71.5 Å². The summed E-state index contributed by atoms with van der Waals surface area (Å²) in [6.45, 7) is 7.76. The van der Waals surface area contributed by atoms with Gasteiger partial charge in [0.2, 0.25) is 11.8 Å². The summed E-state index contributed by atoms with van der Waals surface area (Å²) < 4.78 is 46.2. The van der Waals surface area contributed by atoms with Crippen LogP contribution in [-0.2, 0) is 46.8 Å². The summed E-state index contributed by atoms with van der Waals surface area (Å²) in [6, 6.07) is 6.01. The molecule has 5 atom stereocenters. The van der Waals surface area contributed by atoms with Crippen LogP contribution in [0, 0.1) is 19.8 Å². The van der Waals surface area contributed by atoms with Crippen molar-refractivity contribution in [1.29, 1.82) is 0 Å². The predicted octanol–water partition coefficient (Wildman–Crippen LogP) is 4.04. The molecule has 15 nitrogen and oxygen atoms in total. The highest BCUT2D eigenvalue weighted by Gasteiger charge is 2.62. The van der Waals surface area contributed by atoms with Gasteiger partial charge >= 0.3 is 6.09 Å². The molecule has 3 fully saturated rings. The van der Waals surface area contributed by atoms with Gasteiger partial charge in [0.15, 0.2) is 16.5 Å². The molecular formula is C40H52N6O9S. The van der Waals surface area contributed by atoms with Gasteiger partial charge < -0.3 is 34.4 Å². The van der Waals surface area contributed by atoms with Crippen LogP contribution in [0.15, 0.2) is 58.3 Å². The van der Waals surface area contributed by atoms with Crippen LogP contribution in [0.25, 0.3) is 0 Å². The van der Waals surface area contributed by atoms with Gasteiger partial charge in [0.1, 0.15) is 35.5 Å². The Morgan fingerprint density at radius 1 is 1.02 bits per heavy atom. The highest BCUT2D eigenvalue weighted by atomic mass is 32.2. The monoisotopic (exact) mass is 792 g/mol. The average Bonchev–Trinajstić information content (AvgIpc) is 3.51. The summed E-state index contributed by atoms with van der Waals surface area (Å²) in [5.74, 6) is -2.13. The SMILES string of the molecule is C=C(N[C@H]1CCCCC/C=C\[C@@H]2C[C@@]2(C(=O)NS(=O)(=O)c2c(C)noc2C)NC(=O)[C@@H]2C[C@@H](OC(=O)N3CCc4ccccc4C3)CN2C1=O)OC1CCCC1. The topological polar surface area (TPSA) is 189 Å². The van der Waals surface area contributed by atoms with Crippen molar-refractivity contribution < 1.29 is 41.6 Å². The standard InChI is InChI=1S/C40H52N6O9S/c1-25-35(26(2)55-43-25)56(51,52)44-38(49)40-22-30(40)15-7-5-4-6-8-18-33(41-27(3)53-31-16-11-12-17-31)37(48)46-24-32(21-34(46)36(47)42-40)54-39(50)45-20-19-28-13-9-10-14-29(28)23-45/h7,9-10,13-15,30-34,41H,3-6,8,11-12,16-24H2,1-2H3,(H,42,47)(H,44,49)/b15-7-/t30-,32-,33+,34+,40-/m1/s1. The Labute approximate surface area is 327 Å². The van der Waals surface area contributed by atoms with Gasteiger partial charge in [0.25, 0.3) is 15.9 Å². The van der Waals surface area contributed by atoms with Crippen LogP contribution in [0.1, 0.15) is 93.2 Å². The third-order valence-corrected chi connectivity index (χ3v) is 13.3. The van der Waals surface area contributed by atoms with Gasteiger partial charge in [-0.1, -0.05) is 54.4 Å². The van der Waals surface area contributed by atoms with Crippen LogP contribution in [0.2, 0.25) is 0 Å². The number of aromatic nitrogens is 1. The van der Waals surface area contributed by atoms with Crippen molar-refractivity contribution in [1.82, 2.24) is 30.3 Å². The third kappa shape index (κ3) is 8.44. The first-order valence-electron chi connectivity index (χ1n) is 19.8. The number of hydrogen-bond donors (Lipinski definition) is 3. The molecule has 0 spiro atoms. The molecule has 2 saturated carbocycles. The predicted molar refractivity (Wildman–Crippen MR) is 203 cm³/mol. The molecule has 3 N–H and O–H groups in total. The first-order valence-corrected chi connectivity index (χ1v) is 21.3. The van der Waals surface area contributed by atoms with E-state index in [0.717, 1.165) is 44.1 Å². The molecule has 0 unspecified atom stereocenters. The first kappa shape index (κ1) is 39.4. The van der Waals surface area contributed by atoms with Gasteiger partial charge in [-0.2, -0.15) is 0 Å². The molecule has 5 aliphatic rings. The summed E-state index contributed by atoms with van der Waals surface area (Å²) >= 11 is 0. The first-order chi connectivity index (χ1) is 26.8. The molecule has 1 aromatic carbocycles. The van der Waals surface area contributed by atoms with Crippen molar-refractivity contribution in [3.8, 4) is 0 Å². The minimum absolute atomic E-state index is 0.0183. The lowest BCUT2D eigenvalue weighted by Crippen LogP contribution is -2.58. The number of fused-ring (bicyclic) bond motifs is 3. The number of nitrogens with one attached hydrogen (secondary N) is 3. The number of carbonyl (C=O) groups is 4. The van der Waals surface area contributed by atoms with Crippen molar-refractivity contribution in [2.45, 2.75) is 132 Å². The molecule has 7 rings (SSSR count). The van der Waals surface area contributed by atoms with Crippen molar-refractivity contribution in [2.75, 3.05) is 13.1 Å². The second-order valence-electron chi connectivity index (χ2n) is 15.8. The van der Waals surface area contributed by atoms with E-state index < -0.39 is 57.6 Å². The van der Waals surface area contributed by atoms with E-state index in [1.165, 1.54) is 24.3 Å². The quantitative estimate of drug-likeness (QED) is 0.259. The molecule has 1 saturated heterocycles. The zero-order valence-corrected chi connectivity index (χ0v) is 32.9. The number of amides is 4. The minimum atomic E-state index is -4.41. The largest absolute Gasteiger partial charge is 0.476 e. The number of allylic oxidation sites excluding steroid dienone is 1. The van der Waals surface area contributed by atoms with Gasteiger partial charge in [-0.15, -0.1) is 0 Å². The summed E-state index contributed by atoms with van der Waals surface area (Å²) in [4.78, 5) is 59.4. The Morgan fingerprint density at radius 2 is 1.77 bits per heavy atom. The molecule has 0 radical (unpaired) electrons. The van der Waals surface area contributed by atoms with Gasteiger partial charge in [0.05, 0.1) is 6.54 Å². The smallest absolute Gasteiger partial charge is 0.410 e. The number of sulfonamides is 1. The van der Waals surface area contributed by atoms with E-state index in [1.54, 1.807) is 4.90 Å². The lowest BCUT2D eigenvalue weighted by Gasteiger charge is -2.31. The maximum Gasteiger partial charge on any atom is 0.410 e. The number of rotatable bonds is 8. The summed E-state index contributed by atoms with van der Waals surface area (Å²) in [7, 11) is -4.41. The van der Waals surface area contributed by atoms with Crippen molar-refractivity contribution in [2.24, 2.45) is 5.92 Å². The zero-order chi connectivity index (χ0) is 39.6. The number of carbonyl (C=O) groups excluding carboxylic acids is 4. The number of nitrogens with zero attached hydrogens (tertiary/aromatic N) is 3.